The van der Waals surface area contributed by atoms with Crippen molar-refractivity contribution in [3.8, 4) is 11.5 Å². The summed E-state index contributed by atoms with van der Waals surface area (Å²) in [7, 11) is 0. The van der Waals surface area contributed by atoms with Gasteiger partial charge in [0, 0.05) is 19.0 Å². The maximum atomic E-state index is 6.05. The van der Waals surface area contributed by atoms with Gasteiger partial charge in [0.25, 0.3) is 0 Å². The number of ether oxygens (including phenoxy) is 2. The maximum absolute atomic E-state index is 6.05. The number of hydrogen-bond acceptors (Lipinski definition) is 4. The topological polar surface area (TPSA) is 97.6 Å². The molecule has 4 N–H and O–H groups in total. The average molecular weight is 367 g/mol. The zero-order valence-electron chi connectivity index (χ0n) is 15.7. The van der Waals surface area contributed by atoms with Crippen molar-refractivity contribution >= 4 is 22.7 Å². The average Bonchev–Trinajstić information content (AvgIpc) is 3.07. The lowest BCUT2D eigenvalue weighted by Crippen LogP contribution is -2.23. The van der Waals surface area contributed by atoms with E-state index in [2.05, 4.69) is 20.3 Å². The smallest absolute Gasteiger partial charge is 0.193 e. The molecule has 0 fully saturated rings. The molecule has 27 heavy (non-hydrogen) atoms. The van der Waals surface area contributed by atoms with Gasteiger partial charge in [-0.25, -0.2) is 4.98 Å². The fourth-order valence-corrected chi connectivity index (χ4v) is 2.73. The number of guanidine groups is 1. The van der Waals surface area contributed by atoms with Crippen LogP contribution >= 0.6 is 0 Å². The molecule has 0 aliphatic rings. The molecule has 0 bridgehead atoms. The molecule has 3 rings (SSSR count). The third-order valence-corrected chi connectivity index (χ3v) is 3.89. The van der Waals surface area contributed by atoms with Crippen LogP contribution in [0.25, 0.3) is 11.0 Å². The third-order valence-electron chi connectivity index (χ3n) is 3.89. The lowest BCUT2D eigenvalue weighted by Gasteiger charge is -2.13. The van der Waals surface area contributed by atoms with E-state index in [9.17, 15) is 0 Å². The summed E-state index contributed by atoms with van der Waals surface area (Å²) in [4.78, 5) is 12.2. The number of rotatable bonds is 8. The van der Waals surface area contributed by atoms with Crippen LogP contribution in [0.15, 0.2) is 47.5 Å². The second kappa shape index (κ2) is 8.93. The summed E-state index contributed by atoms with van der Waals surface area (Å²) in [6, 6.07) is 13.5. The van der Waals surface area contributed by atoms with E-state index in [0.717, 1.165) is 28.3 Å². The van der Waals surface area contributed by atoms with Crippen molar-refractivity contribution in [1.82, 2.24) is 9.97 Å². The van der Waals surface area contributed by atoms with Crippen molar-refractivity contribution < 1.29 is 9.47 Å². The number of aromatic amines is 1. The van der Waals surface area contributed by atoms with Crippen LogP contribution in [0.2, 0.25) is 0 Å². The summed E-state index contributed by atoms with van der Waals surface area (Å²) < 4.78 is 11.2. The number of imidazole rings is 1. The zero-order chi connectivity index (χ0) is 19.1. The molecule has 0 unspecified atom stereocenters. The number of aromatic nitrogens is 2. The van der Waals surface area contributed by atoms with Gasteiger partial charge in [-0.05, 0) is 38.1 Å². The molecule has 0 spiro atoms. The number of para-hydroxylation sites is 2. The molecule has 7 heteroatoms. The lowest BCUT2D eigenvalue weighted by molar-refractivity contribution is 0.332. The van der Waals surface area contributed by atoms with Crippen molar-refractivity contribution in [2.45, 2.75) is 20.3 Å². The molecule has 0 saturated carbocycles. The molecule has 2 aromatic carbocycles. The molecular weight excluding hydrogens is 342 g/mol. The van der Waals surface area contributed by atoms with Crippen LogP contribution in [-0.4, -0.2) is 35.7 Å². The minimum atomic E-state index is 0.320. The number of fused-ring (bicyclic) bond motifs is 1. The fourth-order valence-electron chi connectivity index (χ4n) is 2.73. The predicted molar refractivity (Wildman–Crippen MR) is 109 cm³/mol. The van der Waals surface area contributed by atoms with Crippen molar-refractivity contribution in [2.24, 2.45) is 10.7 Å². The lowest BCUT2D eigenvalue weighted by atomic mass is 10.2. The molecule has 7 nitrogen and oxygen atoms in total. The Morgan fingerprint density at radius 1 is 1.15 bits per heavy atom. The third kappa shape index (κ3) is 4.91. The normalized spacial score (nSPS) is 11.6. The Bertz CT molecular complexity index is 887. The highest BCUT2D eigenvalue weighted by Crippen LogP contribution is 2.29. The van der Waals surface area contributed by atoms with E-state index in [1.54, 1.807) is 0 Å². The highest BCUT2D eigenvalue weighted by molar-refractivity contribution is 5.94. The second-order valence-electron chi connectivity index (χ2n) is 5.87. The van der Waals surface area contributed by atoms with Crippen LogP contribution in [0.1, 0.15) is 19.7 Å². The van der Waals surface area contributed by atoms with Gasteiger partial charge in [-0.2, -0.15) is 0 Å². The highest BCUT2D eigenvalue weighted by atomic mass is 16.5. The summed E-state index contributed by atoms with van der Waals surface area (Å²) in [5.74, 6) is 2.66. The van der Waals surface area contributed by atoms with Crippen molar-refractivity contribution in [1.29, 1.82) is 0 Å². The molecule has 0 atom stereocenters. The number of nitrogens with one attached hydrogen (secondary N) is 2. The number of anilines is 1. The van der Waals surface area contributed by atoms with Gasteiger partial charge in [0.05, 0.1) is 29.9 Å². The molecule has 0 radical (unpaired) electrons. The standard InChI is InChI=1S/C20H25N5O2/c1-3-26-14-9-10-18(27-4-2)17(13-14)25-20(21)22-12-11-19-23-15-7-5-6-8-16(15)24-19/h5-10,13H,3-4,11-12H2,1-2H3,(H,23,24)(H3,21,22,25). The first-order valence-electron chi connectivity index (χ1n) is 9.09. The first kappa shape index (κ1) is 18.6. The monoisotopic (exact) mass is 367 g/mol. The van der Waals surface area contributed by atoms with Gasteiger partial charge >= 0.3 is 0 Å². The number of H-pyrrole nitrogens is 1. The quantitative estimate of drug-likeness (QED) is 0.419. The van der Waals surface area contributed by atoms with Gasteiger partial charge in [-0.3, -0.25) is 4.99 Å². The van der Waals surface area contributed by atoms with Crippen LogP contribution in [0.5, 0.6) is 11.5 Å². The summed E-state index contributed by atoms with van der Waals surface area (Å²) >= 11 is 0. The largest absolute Gasteiger partial charge is 0.494 e. The van der Waals surface area contributed by atoms with Crippen LogP contribution in [-0.2, 0) is 6.42 Å². The van der Waals surface area contributed by atoms with Gasteiger partial charge in [-0.15, -0.1) is 0 Å². The highest BCUT2D eigenvalue weighted by Gasteiger charge is 2.07. The molecule has 0 aliphatic heterocycles. The summed E-state index contributed by atoms with van der Waals surface area (Å²) in [5, 5.41) is 3.10. The molecule has 0 amide bonds. The van der Waals surface area contributed by atoms with Crippen LogP contribution in [0, 0.1) is 0 Å². The molecular formula is C20H25N5O2. The van der Waals surface area contributed by atoms with Crippen LogP contribution in [0.3, 0.4) is 0 Å². The molecule has 3 aromatic rings. The van der Waals surface area contributed by atoms with Gasteiger partial charge < -0.3 is 25.5 Å². The van der Waals surface area contributed by atoms with Crippen molar-refractivity contribution in [3.05, 3.63) is 48.3 Å². The van der Waals surface area contributed by atoms with Crippen molar-refractivity contribution in [2.75, 3.05) is 25.1 Å². The number of nitrogens with two attached hydrogens (primary N) is 1. The first-order chi connectivity index (χ1) is 13.2. The summed E-state index contributed by atoms with van der Waals surface area (Å²) in [6.45, 7) is 5.55. The fraction of sp³-hybridized carbons (Fsp3) is 0.300. The van der Waals surface area contributed by atoms with Gasteiger partial charge in [0.15, 0.2) is 5.96 Å². The Morgan fingerprint density at radius 2 is 1.96 bits per heavy atom. The van der Waals surface area contributed by atoms with Crippen LogP contribution < -0.4 is 20.5 Å². The molecule has 1 heterocycles. The van der Waals surface area contributed by atoms with E-state index in [-0.39, 0.29) is 0 Å². The van der Waals surface area contributed by atoms with Gasteiger partial charge in [0.1, 0.15) is 17.3 Å². The maximum Gasteiger partial charge on any atom is 0.193 e. The predicted octanol–water partition coefficient (Wildman–Crippen LogP) is 3.33. The first-order valence-corrected chi connectivity index (χ1v) is 9.09. The zero-order valence-corrected chi connectivity index (χ0v) is 15.7. The van der Waals surface area contributed by atoms with Crippen molar-refractivity contribution in [3.63, 3.8) is 0 Å². The molecule has 142 valence electrons. The van der Waals surface area contributed by atoms with E-state index >= 15 is 0 Å². The molecule has 0 saturated heterocycles. The Balaban J connectivity index is 1.64. The van der Waals surface area contributed by atoms with Gasteiger partial charge in [-0.1, -0.05) is 12.1 Å². The Morgan fingerprint density at radius 3 is 2.74 bits per heavy atom. The second-order valence-corrected chi connectivity index (χ2v) is 5.87. The number of aliphatic imine (C=N–C) groups is 1. The minimum absolute atomic E-state index is 0.320. The van der Waals surface area contributed by atoms with Gasteiger partial charge in [0.2, 0.25) is 0 Å². The van der Waals surface area contributed by atoms with E-state index < -0.39 is 0 Å². The number of nitrogens with zero attached hydrogens (tertiary/aromatic N) is 2. The Hall–Kier alpha value is -3.22. The summed E-state index contributed by atoms with van der Waals surface area (Å²) in [6.07, 6.45) is 0.675. The van der Waals surface area contributed by atoms with E-state index in [1.165, 1.54) is 0 Å². The Labute approximate surface area is 158 Å². The summed E-state index contributed by atoms with van der Waals surface area (Å²) in [5.41, 5.74) is 8.76. The molecule has 1 aromatic heterocycles. The van der Waals surface area contributed by atoms with E-state index in [0.29, 0.717) is 37.9 Å². The van der Waals surface area contributed by atoms with Crippen LogP contribution in [0.4, 0.5) is 5.69 Å². The minimum Gasteiger partial charge on any atom is -0.494 e. The molecule has 0 aliphatic carbocycles. The van der Waals surface area contributed by atoms with E-state index in [4.69, 9.17) is 15.2 Å². The SMILES string of the molecule is CCOc1ccc(OCC)c(NC(N)=NCCc2nc3ccccc3[nH]2)c1. The number of hydrogen-bond donors (Lipinski definition) is 3. The Kier molecular flexibility index (Phi) is 6.14. The van der Waals surface area contributed by atoms with E-state index in [1.807, 2.05) is 56.3 Å². The number of benzene rings is 2.